The molecule has 2 nitrogen and oxygen atoms in total. The van der Waals surface area contributed by atoms with E-state index in [1.807, 2.05) is 6.92 Å². The molecule has 1 saturated heterocycles. The molecule has 0 aromatic heterocycles. The average molecular weight is 248 g/mol. The molecule has 0 aromatic carbocycles. The average Bonchev–Trinajstić information content (AvgIpc) is 1.69. The van der Waals surface area contributed by atoms with Gasteiger partial charge in [0, 0.05) is 0 Å². The van der Waals surface area contributed by atoms with Crippen LogP contribution in [-0.4, -0.2) is 25.9 Å². The predicted molar refractivity (Wildman–Crippen MR) is 55.2 cm³/mol. The van der Waals surface area contributed by atoms with Crippen LogP contribution >= 0.6 is 49.6 Å². The largest absolute Gasteiger partial charge is 0.376 e. The van der Waals surface area contributed by atoms with E-state index in [0.29, 0.717) is 6.10 Å². The second-order valence-corrected chi connectivity index (χ2v) is 1.76. The summed E-state index contributed by atoms with van der Waals surface area (Å²) < 4.78 is 10.2. The summed E-state index contributed by atoms with van der Waals surface area (Å²) in [6, 6.07) is 0. The topological polar surface area (TPSA) is 18.5 Å². The molecule has 0 bridgehead atoms. The SMILES string of the molecule is CC1COCCO1.Cl.Cl.Cl.Cl. The van der Waals surface area contributed by atoms with Crippen molar-refractivity contribution in [3.05, 3.63) is 0 Å². The molecule has 0 amide bonds. The van der Waals surface area contributed by atoms with Crippen molar-refractivity contribution in [2.24, 2.45) is 0 Å². The van der Waals surface area contributed by atoms with Gasteiger partial charge in [-0.2, -0.15) is 0 Å². The monoisotopic (exact) mass is 246 g/mol. The van der Waals surface area contributed by atoms with Crippen molar-refractivity contribution < 1.29 is 9.47 Å². The van der Waals surface area contributed by atoms with Gasteiger partial charge < -0.3 is 9.47 Å². The van der Waals surface area contributed by atoms with Gasteiger partial charge in [0.2, 0.25) is 0 Å². The lowest BCUT2D eigenvalue weighted by atomic mass is 10.4. The van der Waals surface area contributed by atoms with Crippen LogP contribution in [-0.2, 0) is 9.47 Å². The number of hydrogen-bond acceptors (Lipinski definition) is 2. The van der Waals surface area contributed by atoms with Crippen molar-refractivity contribution >= 4 is 49.6 Å². The van der Waals surface area contributed by atoms with Crippen molar-refractivity contribution in [1.29, 1.82) is 0 Å². The van der Waals surface area contributed by atoms with E-state index in [2.05, 4.69) is 0 Å². The van der Waals surface area contributed by atoms with Crippen molar-refractivity contribution in [2.75, 3.05) is 19.8 Å². The van der Waals surface area contributed by atoms with Gasteiger partial charge in [0.05, 0.1) is 25.9 Å². The fourth-order valence-corrected chi connectivity index (χ4v) is 0.606. The van der Waals surface area contributed by atoms with E-state index in [1.165, 1.54) is 0 Å². The summed E-state index contributed by atoms with van der Waals surface area (Å²) in [4.78, 5) is 0. The van der Waals surface area contributed by atoms with Crippen LogP contribution in [0, 0.1) is 0 Å². The normalized spacial score (nSPS) is 21.0. The maximum atomic E-state index is 5.15. The van der Waals surface area contributed by atoms with Gasteiger partial charge in [-0.15, -0.1) is 49.6 Å². The molecule has 1 atom stereocenters. The van der Waals surface area contributed by atoms with Crippen LogP contribution in [0.15, 0.2) is 0 Å². The lowest BCUT2D eigenvalue weighted by Gasteiger charge is -2.18. The van der Waals surface area contributed by atoms with E-state index in [1.54, 1.807) is 0 Å². The van der Waals surface area contributed by atoms with Gasteiger partial charge in [-0.3, -0.25) is 0 Å². The molecule has 1 rings (SSSR count). The van der Waals surface area contributed by atoms with E-state index in [9.17, 15) is 0 Å². The Labute approximate surface area is 92.0 Å². The third kappa shape index (κ3) is 11.1. The zero-order valence-corrected chi connectivity index (χ0v) is 9.41. The van der Waals surface area contributed by atoms with E-state index in [-0.39, 0.29) is 49.6 Å². The first-order chi connectivity index (χ1) is 3.39. The summed E-state index contributed by atoms with van der Waals surface area (Å²) in [6.07, 6.45) is 0.314. The van der Waals surface area contributed by atoms with Crippen LogP contribution in [0.2, 0.25) is 0 Å². The van der Waals surface area contributed by atoms with Gasteiger partial charge in [-0.25, -0.2) is 0 Å². The van der Waals surface area contributed by atoms with Gasteiger partial charge in [-0.1, -0.05) is 0 Å². The highest BCUT2D eigenvalue weighted by Crippen LogP contribution is 1.96. The third-order valence-corrected chi connectivity index (χ3v) is 0.983. The van der Waals surface area contributed by atoms with Gasteiger partial charge >= 0.3 is 0 Å². The maximum Gasteiger partial charge on any atom is 0.0781 e. The first-order valence-electron chi connectivity index (χ1n) is 2.59. The Hall–Kier alpha value is 1.08. The summed E-state index contributed by atoms with van der Waals surface area (Å²) in [5.74, 6) is 0. The molecule has 0 saturated carbocycles. The fourth-order valence-electron chi connectivity index (χ4n) is 0.606. The van der Waals surface area contributed by atoms with Crippen molar-refractivity contribution in [2.45, 2.75) is 13.0 Å². The molecule has 74 valence electrons. The molecule has 1 aliphatic rings. The number of ether oxygens (including phenoxy) is 2. The van der Waals surface area contributed by atoms with Crippen molar-refractivity contribution in [3.63, 3.8) is 0 Å². The Kier molecular flexibility index (Phi) is 28.2. The van der Waals surface area contributed by atoms with Crippen LogP contribution in [0.25, 0.3) is 0 Å². The molecular formula is C5H14Cl4O2. The molecule has 0 N–H and O–H groups in total. The van der Waals surface area contributed by atoms with Crippen LogP contribution in [0.5, 0.6) is 0 Å². The van der Waals surface area contributed by atoms with Crippen molar-refractivity contribution in [3.8, 4) is 0 Å². The third-order valence-electron chi connectivity index (χ3n) is 0.983. The van der Waals surface area contributed by atoms with Gasteiger partial charge in [0.25, 0.3) is 0 Å². The first kappa shape index (κ1) is 22.7. The van der Waals surface area contributed by atoms with Crippen LogP contribution in [0.4, 0.5) is 0 Å². The molecule has 0 aromatic rings. The van der Waals surface area contributed by atoms with Crippen LogP contribution in [0.3, 0.4) is 0 Å². The smallest absolute Gasteiger partial charge is 0.0781 e. The van der Waals surface area contributed by atoms with Gasteiger partial charge in [0.1, 0.15) is 0 Å². The van der Waals surface area contributed by atoms with E-state index in [4.69, 9.17) is 9.47 Å². The number of hydrogen-bond donors (Lipinski definition) is 0. The van der Waals surface area contributed by atoms with Gasteiger partial charge in [0.15, 0.2) is 0 Å². The Bertz CT molecular complexity index is 58.4. The Morgan fingerprint density at radius 2 is 1.55 bits per heavy atom. The minimum atomic E-state index is 0. The zero-order valence-electron chi connectivity index (χ0n) is 6.15. The fraction of sp³-hybridized carbons (Fsp3) is 1.00. The van der Waals surface area contributed by atoms with Crippen molar-refractivity contribution in [1.82, 2.24) is 0 Å². The first-order valence-corrected chi connectivity index (χ1v) is 2.59. The summed E-state index contributed by atoms with van der Waals surface area (Å²) in [5, 5.41) is 0. The molecule has 1 heterocycles. The lowest BCUT2D eigenvalue weighted by Crippen LogP contribution is -2.25. The number of halogens is 4. The highest BCUT2D eigenvalue weighted by Gasteiger charge is 2.06. The molecule has 0 aliphatic carbocycles. The Balaban J connectivity index is -0.0000000612. The molecule has 11 heavy (non-hydrogen) atoms. The Morgan fingerprint density at radius 3 is 1.73 bits per heavy atom. The highest BCUT2D eigenvalue weighted by atomic mass is 35.5. The molecule has 1 fully saturated rings. The Morgan fingerprint density at radius 1 is 1.00 bits per heavy atom. The van der Waals surface area contributed by atoms with Gasteiger partial charge in [-0.05, 0) is 6.92 Å². The lowest BCUT2D eigenvalue weighted by molar-refractivity contribution is -0.0797. The summed E-state index contributed by atoms with van der Waals surface area (Å²) in [6.45, 7) is 4.31. The summed E-state index contributed by atoms with van der Waals surface area (Å²) in [7, 11) is 0. The molecule has 1 aliphatic heterocycles. The second kappa shape index (κ2) is 13.7. The molecule has 0 radical (unpaired) electrons. The minimum absolute atomic E-state index is 0. The predicted octanol–water partition coefficient (Wildman–Crippen LogP) is 2.11. The maximum absolute atomic E-state index is 5.15. The second-order valence-electron chi connectivity index (χ2n) is 1.76. The van der Waals surface area contributed by atoms with E-state index < -0.39 is 0 Å². The summed E-state index contributed by atoms with van der Waals surface area (Å²) >= 11 is 0. The van der Waals surface area contributed by atoms with E-state index >= 15 is 0 Å². The zero-order chi connectivity index (χ0) is 5.11. The van der Waals surface area contributed by atoms with Crippen LogP contribution < -0.4 is 0 Å². The quantitative estimate of drug-likeness (QED) is 0.653. The highest BCUT2D eigenvalue weighted by molar-refractivity contribution is 5.86. The standard InChI is InChI=1S/C5H10O2.4ClH/c1-5-4-6-2-3-7-5;;;;/h5H,2-4H2,1H3;4*1H. The van der Waals surface area contributed by atoms with Crippen LogP contribution in [0.1, 0.15) is 6.92 Å². The number of rotatable bonds is 0. The molecule has 1 unspecified atom stereocenters. The summed E-state index contributed by atoms with van der Waals surface area (Å²) in [5.41, 5.74) is 0. The van der Waals surface area contributed by atoms with E-state index in [0.717, 1.165) is 19.8 Å². The minimum Gasteiger partial charge on any atom is -0.376 e. The molecular weight excluding hydrogens is 234 g/mol. The molecule has 6 heteroatoms. The molecule has 0 spiro atoms.